The summed E-state index contributed by atoms with van der Waals surface area (Å²) in [5, 5.41) is -0.510. The summed E-state index contributed by atoms with van der Waals surface area (Å²) in [4.78, 5) is 0. The first-order chi connectivity index (χ1) is 5.40. The fourth-order valence-electron chi connectivity index (χ4n) is 0.792. The summed E-state index contributed by atoms with van der Waals surface area (Å²) >= 11 is 0. The Hall–Kier alpha value is -0.780. The average Bonchev–Trinajstić information content (AvgIpc) is 1.85. The summed E-state index contributed by atoms with van der Waals surface area (Å²) in [6, 6.07) is 0. The molecule has 0 aromatic heterocycles. The molecule has 0 saturated carbocycles. The van der Waals surface area contributed by atoms with Gasteiger partial charge in [0.1, 0.15) is 0 Å². The number of nitrogens with two attached hydrogens (primary N) is 2. The lowest BCUT2D eigenvalue weighted by Crippen LogP contribution is -2.27. The van der Waals surface area contributed by atoms with Crippen LogP contribution < -0.4 is 11.5 Å². The van der Waals surface area contributed by atoms with Crippen LogP contribution >= 0.6 is 0 Å². The minimum atomic E-state index is -3.48. The second-order valence-electron chi connectivity index (χ2n) is 2.63. The Labute approximate surface area is 72.9 Å². The first-order valence-electron chi connectivity index (χ1n) is 3.75. The molecule has 1 unspecified atom stereocenters. The summed E-state index contributed by atoms with van der Waals surface area (Å²) in [6.45, 7) is 3.49. The number of hydrogen-bond donors (Lipinski definition) is 2. The zero-order chi connectivity index (χ0) is 9.78. The van der Waals surface area contributed by atoms with Crippen LogP contribution in [-0.4, -0.2) is 19.6 Å². The Morgan fingerprint density at radius 1 is 1.50 bits per heavy atom. The molecule has 0 fully saturated rings. The van der Waals surface area contributed by atoms with Crippen LogP contribution in [-0.2, 0) is 10.0 Å². The lowest BCUT2D eigenvalue weighted by Gasteiger charge is -2.06. The van der Waals surface area contributed by atoms with Crippen LogP contribution in [0, 0.1) is 0 Å². The van der Waals surface area contributed by atoms with Crippen LogP contribution in [0.3, 0.4) is 0 Å². The zero-order valence-electron chi connectivity index (χ0n) is 7.32. The molecule has 6 heteroatoms. The van der Waals surface area contributed by atoms with Gasteiger partial charge in [-0.05, 0) is 13.3 Å². The second kappa shape index (κ2) is 4.30. The topological polar surface area (TPSA) is 98.5 Å². The average molecular weight is 193 g/mol. The first kappa shape index (κ1) is 11.2. The number of rotatable bonds is 4. The molecule has 1 atom stereocenters. The summed E-state index contributed by atoms with van der Waals surface area (Å²) in [7, 11) is -3.48. The number of sulfonamides is 1. The van der Waals surface area contributed by atoms with Crippen molar-refractivity contribution in [3.8, 4) is 0 Å². The van der Waals surface area contributed by atoms with Crippen LogP contribution in [0.1, 0.15) is 26.7 Å². The Balaban J connectivity index is 4.52. The molecule has 0 radical (unpaired) electrons. The molecule has 0 aliphatic heterocycles. The van der Waals surface area contributed by atoms with E-state index < -0.39 is 21.2 Å². The van der Waals surface area contributed by atoms with Crippen molar-refractivity contribution in [1.82, 2.24) is 0 Å². The van der Waals surface area contributed by atoms with Gasteiger partial charge in [-0.3, -0.25) is 0 Å². The SMILES string of the molecule is CCCC(C)S(=O)(=O)N=C(N)N. The van der Waals surface area contributed by atoms with E-state index in [0.29, 0.717) is 6.42 Å². The van der Waals surface area contributed by atoms with Crippen LogP contribution in [0.4, 0.5) is 0 Å². The van der Waals surface area contributed by atoms with E-state index in [1.54, 1.807) is 6.92 Å². The molecule has 0 rings (SSSR count). The number of guanidine groups is 1. The Morgan fingerprint density at radius 2 is 2.00 bits per heavy atom. The van der Waals surface area contributed by atoms with Crippen molar-refractivity contribution >= 4 is 16.0 Å². The molecule has 0 bridgehead atoms. The van der Waals surface area contributed by atoms with Crippen molar-refractivity contribution in [3.63, 3.8) is 0 Å². The Kier molecular flexibility index (Phi) is 4.02. The van der Waals surface area contributed by atoms with Gasteiger partial charge >= 0.3 is 0 Å². The molecule has 0 aliphatic rings. The highest BCUT2D eigenvalue weighted by atomic mass is 32.2. The maximum absolute atomic E-state index is 11.2. The summed E-state index contributed by atoms with van der Waals surface area (Å²) in [5.74, 6) is -0.405. The second-order valence-corrected chi connectivity index (χ2v) is 4.65. The van der Waals surface area contributed by atoms with Gasteiger partial charge in [0, 0.05) is 0 Å². The van der Waals surface area contributed by atoms with E-state index in [1.165, 1.54) is 0 Å². The molecule has 12 heavy (non-hydrogen) atoms. The molecule has 0 aliphatic carbocycles. The molecule has 72 valence electrons. The molecular formula is C6H15N3O2S. The van der Waals surface area contributed by atoms with Crippen molar-refractivity contribution in [3.05, 3.63) is 0 Å². The Bertz CT molecular complexity index is 254. The van der Waals surface area contributed by atoms with Crippen LogP contribution in [0.25, 0.3) is 0 Å². The minimum Gasteiger partial charge on any atom is -0.369 e. The summed E-state index contributed by atoms with van der Waals surface area (Å²) < 4.78 is 25.5. The van der Waals surface area contributed by atoms with Crippen molar-refractivity contribution in [2.24, 2.45) is 15.9 Å². The van der Waals surface area contributed by atoms with Gasteiger partial charge in [0.05, 0.1) is 5.25 Å². The molecule has 4 N–H and O–H groups in total. The van der Waals surface area contributed by atoms with E-state index in [-0.39, 0.29) is 0 Å². The third-order valence-electron chi connectivity index (χ3n) is 1.44. The van der Waals surface area contributed by atoms with Crippen molar-refractivity contribution in [1.29, 1.82) is 0 Å². The molecule has 0 aromatic carbocycles. The largest absolute Gasteiger partial charge is 0.369 e. The third-order valence-corrected chi connectivity index (χ3v) is 3.15. The predicted octanol–water partition coefficient (Wildman–Crippen LogP) is -0.222. The number of hydrogen-bond acceptors (Lipinski definition) is 2. The highest BCUT2D eigenvalue weighted by Crippen LogP contribution is 2.09. The van der Waals surface area contributed by atoms with Gasteiger partial charge in [0.25, 0.3) is 10.0 Å². The van der Waals surface area contributed by atoms with Crippen molar-refractivity contribution in [2.45, 2.75) is 31.9 Å². The standard InChI is InChI=1S/C6H15N3O2S/c1-3-4-5(2)12(10,11)9-6(7)8/h5H,3-4H2,1-2H3,(H4,7,8,9). The maximum Gasteiger partial charge on any atom is 0.258 e. The molecule has 5 nitrogen and oxygen atoms in total. The molecule has 0 aromatic rings. The quantitative estimate of drug-likeness (QED) is 0.476. The normalized spacial score (nSPS) is 13.8. The van der Waals surface area contributed by atoms with E-state index in [9.17, 15) is 8.42 Å². The first-order valence-corrected chi connectivity index (χ1v) is 5.25. The Morgan fingerprint density at radius 3 is 2.33 bits per heavy atom. The third kappa shape index (κ3) is 3.56. The van der Waals surface area contributed by atoms with Gasteiger partial charge in [-0.1, -0.05) is 13.3 Å². The maximum atomic E-state index is 11.2. The van der Waals surface area contributed by atoms with Gasteiger partial charge in [-0.2, -0.15) is 0 Å². The summed E-state index contributed by atoms with van der Waals surface area (Å²) in [6.07, 6.45) is 1.36. The minimum absolute atomic E-state index is 0.405. The molecule has 0 heterocycles. The highest BCUT2D eigenvalue weighted by Gasteiger charge is 2.18. The van der Waals surface area contributed by atoms with E-state index in [0.717, 1.165) is 6.42 Å². The predicted molar refractivity (Wildman–Crippen MR) is 49.1 cm³/mol. The molecular weight excluding hydrogens is 178 g/mol. The highest BCUT2D eigenvalue weighted by molar-refractivity contribution is 7.90. The zero-order valence-corrected chi connectivity index (χ0v) is 8.13. The van der Waals surface area contributed by atoms with Crippen LogP contribution in [0.15, 0.2) is 4.40 Å². The van der Waals surface area contributed by atoms with E-state index in [4.69, 9.17) is 11.5 Å². The lowest BCUT2D eigenvalue weighted by molar-refractivity contribution is 0.577. The van der Waals surface area contributed by atoms with E-state index in [2.05, 4.69) is 4.40 Å². The monoisotopic (exact) mass is 193 g/mol. The fraction of sp³-hybridized carbons (Fsp3) is 0.833. The number of nitrogens with zero attached hydrogens (tertiary/aromatic N) is 1. The van der Waals surface area contributed by atoms with Crippen LogP contribution in [0.5, 0.6) is 0 Å². The fourth-order valence-corrected chi connectivity index (χ4v) is 1.80. The smallest absolute Gasteiger partial charge is 0.258 e. The van der Waals surface area contributed by atoms with Gasteiger partial charge in [0.2, 0.25) is 5.96 Å². The van der Waals surface area contributed by atoms with Crippen molar-refractivity contribution in [2.75, 3.05) is 0 Å². The van der Waals surface area contributed by atoms with Gasteiger partial charge in [-0.15, -0.1) is 4.40 Å². The van der Waals surface area contributed by atoms with Gasteiger partial charge < -0.3 is 11.5 Å². The van der Waals surface area contributed by atoms with E-state index in [1.807, 2.05) is 6.92 Å². The van der Waals surface area contributed by atoms with E-state index >= 15 is 0 Å². The van der Waals surface area contributed by atoms with Gasteiger partial charge in [-0.25, -0.2) is 8.42 Å². The molecule has 0 spiro atoms. The molecule has 0 amide bonds. The van der Waals surface area contributed by atoms with Crippen LogP contribution in [0.2, 0.25) is 0 Å². The lowest BCUT2D eigenvalue weighted by atomic mass is 10.3. The van der Waals surface area contributed by atoms with Gasteiger partial charge in [0.15, 0.2) is 0 Å². The molecule has 0 saturated heterocycles. The summed E-state index contributed by atoms with van der Waals surface area (Å²) in [5.41, 5.74) is 9.92. The van der Waals surface area contributed by atoms with Crippen molar-refractivity contribution < 1.29 is 8.42 Å².